The number of rotatable bonds is 7. The van der Waals surface area contributed by atoms with E-state index in [-0.39, 0.29) is 30.8 Å². The lowest BCUT2D eigenvalue weighted by Crippen LogP contribution is -2.02. The van der Waals surface area contributed by atoms with Crippen molar-refractivity contribution in [3.05, 3.63) is 18.0 Å². The summed E-state index contributed by atoms with van der Waals surface area (Å²) in [5.41, 5.74) is 0.597. The molecule has 0 saturated heterocycles. The van der Waals surface area contributed by atoms with E-state index in [0.29, 0.717) is 22.8 Å². The number of esters is 1. The van der Waals surface area contributed by atoms with E-state index in [1.807, 2.05) is 0 Å². The van der Waals surface area contributed by atoms with Crippen molar-refractivity contribution in [1.29, 1.82) is 0 Å². The van der Waals surface area contributed by atoms with Crippen molar-refractivity contribution in [2.24, 2.45) is 0 Å². The minimum absolute atomic E-state index is 0.0654. The van der Waals surface area contributed by atoms with Crippen LogP contribution in [0.4, 0.5) is 0 Å². The molecular weight excluding hydrogens is 304 g/mol. The first-order chi connectivity index (χ1) is 11.1. The lowest BCUT2D eigenvalue weighted by molar-refractivity contribution is -0.145. The zero-order valence-corrected chi connectivity index (χ0v) is 13.4. The third-order valence-electron chi connectivity index (χ3n) is 3.02. The van der Waals surface area contributed by atoms with Crippen LogP contribution < -0.4 is 14.2 Å². The number of hydrogen-bond donors (Lipinski definition) is 0. The van der Waals surface area contributed by atoms with Gasteiger partial charge in [-0.05, 0) is 12.1 Å². The van der Waals surface area contributed by atoms with Crippen LogP contribution in [0.15, 0.2) is 16.5 Å². The second-order valence-corrected chi connectivity index (χ2v) is 4.43. The fraction of sp³-hybridized carbons (Fsp3) is 0.400. The first kappa shape index (κ1) is 16.6. The molecule has 0 aliphatic heterocycles. The van der Waals surface area contributed by atoms with Gasteiger partial charge in [0.2, 0.25) is 11.6 Å². The Morgan fingerprint density at radius 3 is 2.26 bits per heavy atom. The maximum Gasteiger partial charge on any atom is 0.306 e. The average Bonchev–Trinajstić information content (AvgIpc) is 3.07. The lowest BCUT2D eigenvalue weighted by atomic mass is 10.2. The van der Waals surface area contributed by atoms with Crippen molar-refractivity contribution in [2.75, 3.05) is 21.3 Å². The Balaban J connectivity index is 2.28. The van der Waals surface area contributed by atoms with Gasteiger partial charge in [-0.1, -0.05) is 6.92 Å². The third kappa shape index (κ3) is 3.71. The van der Waals surface area contributed by atoms with Gasteiger partial charge in [0.05, 0.1) is 21.3 Å². The summed E-state index contributed by atoms with van der Waals surface area (Å²) in [5, 5.41) is 7.78. The summed E-state index contributed by atoms with van der Waals surface area (Å²) in [5.74, 6) is 1.54. The smallest absolute Gasteiger partial charge is 0.306 e. The predicted octanol–water partition coefficient (Wildman–Crippen LogP) is 2.22. The molecule has 8 heteroatoms. The molecule has 0 atom stereocenters. The van der Waals surface area contributed by atoms with Gasteiger partial charge >= 0.3 is 5.97 Å². The zero-order chi connectivity index (χ0) is 16.8. The summed E-state index contributed by atoms with van der Waals surface area (Å²) in [6.45, 7) is 1.64. The number of carbonyl (C=O) groups is 1. The maximum absolute atomic E-state index is 11.1. The van der Waals surface area contributed by atoms with E-state index in [1.54, 1.807) is 19.1 Å². The van der Waals surface area contributed by atoms with Gasteiger partial charge in [-0.25, -0.2) is 0 Å². The Morgan fingerprint density at radius 2 is 1.74 bits per heavy atom. The Hall–Kier alpha value is -2.77. The quantitative estimate of drug-likeness (QED) is 0.716. The number of ether oxygens (including phenoxy) is 4. The third-order valence-corrected chi connectivity index (χ3v) is 3.02. The van der Waals surface area contributed by atoms with E-state index in [9.17, 15) is 4.79 Å². The fourth-order valence-electron chi connectivity index (χ4n) is 1.88. The van der Waals surface area contributed by atoms with Crippen LogP contribution in [0.2, 0.25) is 0 Å². The molecule has 0 spiro atoms. The highest BCUT2D eigenvalue weighted by Crippen LogP contribution is 2.40. The first-order valence-corrected chi connectivity index (χ1v) is 6.91. The van der Waals surface area contributed by atoms with Crippen LogP contribution >= 0.6 is 0 Å². The van der Waals surface area contributed by atoms with E-state index in [4.69, 9.17) is 23.4 Å². The van der Waals surface area contributed by atoms with Crippen LogP contribution in [0.25, 0.3) is 11.5 Å². The van der Waals surface area contributed by atoms with Crippen molar-refractivity contribution in [3.8, 4) is 28.7 Å². The van der Waals surface area contributed by atoms with E-state index in [1.165, 1.54) is 21.3 Å². The largest absolute Gasteiger partial charge is 0.493 e. The number of aromatic nitrogens is 2. The van der Waals surface area contributed by atoms with Crippen LogP contribution in [0.3, 0.4) is 0 Å². The molecule has 0 N–H and O–H groups in total. The molecule has 0 saturated carbocycles. The highest BCUT2D eigenvalue weighted by atomic mass is 16.5. The monoisotopic (exact) mass is 322 g/mol. The van der Waals surface area contributed by atoms with Crippen molar-refractivity contribution in [1.82, 2.24) is 10.2 Å². The summed E-state index contributed by atoms with van der Waals surface area (Å²) in [4.78, 5) is 11.1. The summed E-state index contributed by atoms with van der Waals surface area (Å²) >= 11 is 0. The fourth-order valence-corrected chi connectivity index (χ4v) is 1.88. The molecule has 0 bridgehead atoms. The van der Waals surface area contributed by atoms with Gasteiger partial charge in [0.25, 0.3) is 5.89 Å². The van der Waals surface area contributed by atoms with E-state index < -0.39 is 0 Å². The highest BCUT2D eigenvalue weighted by Gasteiger charge is 2.17. The number of carbonyl (C=O) groups excluding carboxylic acids is 1. The number of methoxy groups -OCH3 is 3. The molecule has 0 unspecified atom stereocenters. The van der Waals surface area contributed by atoms with Crippen LogP contribution in [-0.2, 0) is 16.1 Å². The number of nitrogens with zero attached hydrogens (tertiary/aromatic N) is 2. The molecular formula is C15H18N2O6. The van der Waals surface area contributed by atoms with Crippen molar-refractivity contribution in [3.63, 3.8) is 0 Å². The molecule has 124 valence electrons. The van der Waals surface area contributed by atoms with Crippen LogP contribution in [0, 0.1) is 0 Å². The van der Waals surface area contributed by atoms with Crippen LogP contribution in [-0.4, -0.2) is 37.5 Å². The van der Waals surface area contributed by atoms with Crippen molar-refractivity contribution in [2.45, 2.75) is 20.0 Å². The molecule has 0 fully saturated rings. The van der Waals surface area contributed by atoms with E-state index in [2.05, 4.69) is 10.2 Å². The summed E-state index contributed by atoms with van der Waals surface area (Å²) in [6, 6.07) is 3.38. The van der Waals surface area contributed by atoms with Gasteiger partial charge in [-0.2, -0.15) is 0 Å². The SMILES string of the molecule is CCC(=O)OCc1nnc(-c2cc(OC)c(OC)c(OC)c2)o1. The van der Waals surface area contributed by atoms with Crippen molar-refractivity contribution >= 4 is 5.97 Å². The molecule has 0 amide bonds. The maximum atomic E-state index is 11.1. The van der Waals surface area contributed by atoms with Gasteiger partial charge < -0.3 is 23.4 Å². The Bertz CT molecular complexity index is 657. The molecule has 0 aliphatic carbocycles. The van der Waals surface area contributed by atoms with Crippen LogP contribution in [0.1, 0.15) is 19.2 Å². The second kappa shape index (κ2) is 7.48. The van der Waals surface area contributed by atoms with E-state index >= 15 is 0 Å². The molecule has 8 nitrogen and oxygen atoms in total. The Labute approximate surface area is 133 Å². The Morgan fingerprint density at radius 1 is 1.09 bits per heavy atom. The predicted molar refractivity (Wildman–Crippen MR) is 79.5 cm³/mol. The molecule has 1 heterocycles. The minimum Gasteiger partial charge on any atom is -0.493 e. The topological polar surface area (TPSA) is 92.9 Å². The van der Waals surface area contributed by atoms with E-state index in [0.717, 1.165) is 0 Å². The van der Waals surface area contributed by atoms with Crippen molar-refractivity contribution < 1.29 is 28.2 Å². The average molecular weight is 322 g/mol. The Kier molecular flexibility index (Phi) is 5.40. The first-order valence-electron chi connectivity index (χ1n) is 6.91. The molecule has 2 rings (SSSR count). The zero-order valence-electron chi connectivity index (χ0n) is 13.4. The second-order valence-electron chi connectivity index (χ2n) is 4.43. The highest BCUT2D eigenvalue weighted by molar-refractivity contribution is 5.68. The molecule has 2 aromatic rings. The normalized spacial score (nSPS) is 10.3. The van der Waals surface area contributed by atoms with Crippen LogP contribution in [0.5, 0.6) is 17.2 Å². The molecule has 23 heavy (non-hydrogen) atoms. The number of hydrogen-bond acceptors (Lipinski definition) is 8. The van der Waals surface area contributed by atoms with Gasteiger partial charge in [0.1, 0.15) is 0 Å². The van der Waals surface area contributed by atoms with Gasteiger partial charge in [0.15, 0.2) is 18.1 Å². The van der Waals surface area contributed by atoms with Gasteiger partial charge in [0, 0.05) is 12.0 Å². The molecule has 0 radical (unpaired) electrons. The summed E-state index contributed by atoms with van der Waals surface area (Å²) in [7, 11) is 4.56. The molecule has 1 aromatic heterocycles. The standard InChI is InChI=1S/C15H18N2O6/c1-5-13(18)22-8-12-16-17-15(23-12)9-6-10(19-2)14(21-4)11(7-9)20-3/h6-7H,5,8H2,1-4H3. The number of benzene rings is 1. The van der Waals surface area contributed by atoms with Gasteiger partial charge in [-0.15, -0.1) is 10.2 Å². The lowest BCUT2D eigenvalue weighted by Gasteiger charge is -2.12. The minimum atomic E-state index is -0.336. The van der Waals surface area contributed by atoms with Gasteiger partial charge in [-0.3, -0.25) is 4.79 Å². The molecule has 1 aromatic carbocycles. The summed E-state index contributed by atoms with van der Waals surface area (Å²) < 4.78 is 26.2. The summed E-state index contributed by atoms with van der Waals surface area (Å²) in [6.07, 6.45) is 0.286. The molecule has 0 aliphatic rings.